The summed E-state index contributed by atoms with van der Waals surface area (Å²) in [7, 11) is 3.34. The van der Waals surface area contributed by atoms with Crippen LogP contribution in [0.25, 0.3) is 11.6 Å². The van der Waals surface area contributed by atoms with Crippen molar-refractivity contribution in [3.63, 3.8) is 0 Å². The van der Waals surface area contributed by atoms with Crippen LogP contribution >= 0.6 is 0 Å². The van der Waals surface area contributed by atoms with E-state index < -0.39 is 23.9 Å². The number of hydrogen-bond donors (Lipinski definition) is 4. The van der Waals surface area contributed by atoms with Gasteiger partial charge in [-0.05, 0) is 169 Å². The average Bonchev–Trinajstić information content (AvgIpc) is 3.84. The molecule has 0 saturated carbocycles. The lowest BCUT2D eigenvalue weighted by molar-refractivity contribution is -0.121. The highest BCUT2D eigenvalue weighted by molar-refractivity contribution is 5.94. The summed E-state index contributed by atoms with van der Waals surface area (Å²) in [5.41, 5.74) is 11.9. The van der Waals surface area contributed by atoms with Crippen LogP contribution in [0.2, 0.25) is 0 Å². The lowest BCUT2D eigenvalue weighted by Crippen LogP contribution is -2.43. The number of rotatable bonds is 21. The Hall–Kier alpha value is -4.91. The van der Waals surface area contributed by atoms with Crippen molar-refractivity contribution in [2.24, 2.45) is 11.8 Å². The van der Waals surface area contributed by atoms with E-state index in [2.05, 4.69) is 115 Å². The van der Waals surface area contributed by atoms with Crippen LogP contribution in [0.1, 0.15) is 197 Å². The number of piperidine rings is 2. The highest BCUT2D eigenvalue weighted by Gasteiger charge is 2.33. The summed E-state index contributed by atoms with van der Waals surface area (Å²) in [6.07, 6.45) is 16.8. The van der Waals surface area contributed by atoms with Crippen molar-refractivity contribution in [1.29, 1.82) is 0 Å². The van der Waals surface area contributed by atoms with Gasteiger partial charge in [0, 0.05) is 73.6 Å². The Morgan fingerprint density at radius 2 is 1.58 bits per heavy atom. The van der Waals surface area contributed by atoms with Gasteiger partial charge in [0.15, 0.2) is 5.78 Å². The van der Waals surface area contributed by atoms with Gasteiger partial charge in [0.05, 0.1) is 12.3 Å². The fourth-order valence-corrected chi connectivity index (χ4v) is 11.2. The molecule has 0 bridgehead atoms. The molecule has 5 atom stereocenters. The molecule has 4 N–H and O–H groups in total. The van der Waals surface area contributed by atoms with Gasteiger partial charge in [0.25, 0.3) is 0 Å². The van der Waals surface area contributed by atoms with Crippen molar-refractivity contribution in [2.75, 3.05) is 58.8 Å². The minimum absolute atomic E-state index is 0.110. The first-order valence-electron chi connectivity index (χ1n) is 29.2. The molecule has 4 heterocycles. The number of pyridine rings is 1. The molecule has 1 aliphatic carbocycles. The van der Waals surface area contributed by atoms with Crippen LogP contribution in [0, 0.1) is 24.6 Å². The van der Waals surface area contributed by atoms with Gasteiger partial charge < -0.3 is 30.9 Å². The van der Waals surface area contributed by atoms with Gasteiger partial charge in [-0.25, -0.2) is 8.78 Å². The molecule has 5 unspecified atom stereocenters. The second kappa shape index (κ2) is 32.7. The lowest BCUT2D eigenvalue weighted by atomic mass is 9.86. The van der Waals surface area contributed by atoms with Gasteiger partial charge in [0.1, 0.15) is 24.2 Å². The molecule has 4 aliphatic rings. The summed E-state index contributed by atoms with van der Waals surface area (Å²) in [6.45, 7) is 29.9. The number of amides is 1. The summed E-state index contributed by atoms with van der Waals surface area (Å²) in [5.74, 6) is 0.868. The molecule has 1 amide bonds. The number of methoxy groups -OCH3 is 1. The highest BCUT2D eigenvalue weighted by Crippen LogP contribution is 2.37. The van der Waals surface area contributed by atoms with E-state index in [-0.39, 0.29) is 17.9 Å². The number of likely N-dealkylation sites (N-methyl/N-ethyl adjacent to an activating group) is 1. The van der Waals surface area contributed by atoms with E-state index in [1.54, 1.807) is 33.2 Å². The van der Waals surface area contributed by atoms with Gasteiger partial charge >= 0.3 is 0 Å². The van der Waals surface area contributed by atoms with Crippen molar-refractivity contribution in [2.45, 2.75) is 190 Å². The number of nitrogens with one attached hydrogen (secondary N) is 4. The van der Waals surface area contributed by atoms with Crippen molar-refractivity contribution >= 4 is 29.0 Å². The van der Waals surface area contributed by atoms with Crippen molar-refractivity contribution in [1.82, 2.24) is 30.7 Å². The first-order chi connectivity index (χ1) is 36.6. The number of anilines is 1. The number of ketones is 1. The summed E-state index contributed by atoms with van der Waals surface area (Å²) in [6, 6.07) is 15.3. The molecule has 0 spiro atoms. The minimum Gasteiger partial charge on any atom is -0.381 e. The summed E-state index contributed by atoms with van der Waals surface area (Å²) >= 11 is 0. The third-order valence-corrected chi connectivity index (χ3v) is 15.6. The smallest absolute Gasteiger partial charge is 0.242 e. The number of aromatic nitrogens is 1. The molecule has 1 aromatic heterocycles. The fraction of sp³-hybridized carbons (Fsp3) is 0.609. The minimum atomic E-state index is -1.07. The lowest BCUT2D eigenvalue weighted by Gasteiger charge is -2.37. The molecule has 422 valence electrons. The number of carbonyl (C=O) groups excluding carboxylic acids is 2. The number of likely N-dealkylation sites (tertiary alicyclic amines) is 2. The number of ether oxygens (including phenoxy) is 1. The Bertz CT molecular complexity index is 2330. The SMILES string of the molecule is CC.CC.CCCC(CCC)CN1CCC(c2ccc(NC(CCC(C)C)C(=O)NC)cc2F)C(F)C1.COCC1NC2=C(CCC(c3ccnc(C)c3/C=C(\C)C(C)N3CCC(c4ccc(C(C)=O)cc4)CC3)=C2)N1. The van der Waals surface area contributed by atoms with E-state index in [9.17, 15) is 9.59 Å². The number of Topliss-reactive ketones (excluding diaryl/α,β-unsaturated/α-hetero) is 1. The van der Waals surface area contributed by atoms with Gasteiger partial charge in [-0.1, -0.05) is 110 Å². The van der Waals surface area contributed by atoms with Crippen LogP contribution in [-0.4, -0.2) is 104 Å². The van der Waals surface area contributed by atoms with Crippen LogP contribution in [0.15, 0.2) is 77.8 Å². The number of aryl methyl sites for hydroxylation is 1. The first kappa shape index (κ1) is 63.6. The van der Waals surface area contributed by atoms with Crippen LogP contribution in [0.3, 0.4) is 0 Å². The topological polar surface area (TPSA) is 111 Å². The van der Waals surface area contributed by atoms with E-state index in [0.717, 1.165) is 82.4 Å². The van der Waals surface area contributed by atoms with Crippen molar-refractivity contribution in [3.8, 4) is 0 Å². The zero-order valence-corrected chi connectivity index (χ0v) is 49.3. The standard InChI is InChI=1S/C33H42N4O2.C27H45F2N3O.2C2H6/c1-21(23(3)37-16-13-27(14-17-37)26-8-6-25(7-9-26)24(4)38)18-30-22(2)34-15-12-29(30)28-10-11-31-32(19-28)36-33(35-31)20-39-5;1-6-8-20(9-7-2)17-32-15-14-23(25(29)18-32)22-12-11-21(16-24(22)28)31-26(27(33)30-5)13-10-19(3)4;2*1-2/h6-9,12,15,18-19,23,27,33,35-36H,10-11,13-14,16-17,20H2,1-5H3;11-12,16,19-20,23,25-26,31H,6-10,13-15,17-18H2,1-5H3,(H,30,33);2*1-2H3/b21-18+;;;. The fourth-order valence-electron chi connectivity index (χ4n) is 11.2. The predicted octanol–water partition coefficient (Wildman–Crippen LogP) is 14.0. The number of benzene rings is 2. The quantitative estimate of drug-likeness (QED) is 0.0775. The third-order valence-electron chi connectivity index (χ3n) is 15.6. The Labute approximate surface area is 458 Å². The van der Waals surface area contributed by atoms with Crippen LogP contribution in [0.4, 0.5) is 14.5 Å². The molecule has 10 nitrogen and oxygen atoms in total. The number of halogens is 2. The molecule has 7 rings (SSSR count). The number of alkyl halides is 1. The molecule has 2 aromatic carbocycles. The maximum absolute atomic E-state index is 15.1. The number of hydrogen-bond acceptors (Lipinski definition) is 9. The van der Waals surface area contributed by atoms with Gasteiger partial charge in [-0.2, -0.15) is 0 Å². The second-order valence-electron chi connectivity index (χ2n) is 21.4. The number of nitrogens with zero attached hydrogens (tertiary/aromatic N) is 3. The van der Waals surface area contributed by atoms with E-state index in [4.69, 9.17) is 4.74 Å². The molecule has 3 aromatic rings. The van der Waals surface area contributed by atoms with E-state index in [0.29, 0.717) is 61.0 Å². The second-order valence-corrected chi connectivity index (χ2v) is 21.4. The van der Waals surface area contributed by atoms with Crippen molar-refractivity contribution < 1.29 is 23.1 Å². The monoisotopic (exact) mass is 1050 g/mol. The largest absolute Gasteiger partial charge is 0.381 e. The maximum atomic E-state index is 15.1. The van der Waals surface area contributed by atoms with Crippen molar-refractivity contribution in [3.05, 3.63) is 117 Å². The van der Waals surface area contributed by atoms with Gasteiger partial charge in [0.2, 0.25) is 5.91 Å². The van der Waals surface area contributed by atoms with Crippen LogP contribution in [0.5, 0.6) is 0 Å². The Morgan fingerprint density at radius 3 is 2.17 bits per heavy atom. The molecule has 0 radical (unpaired) electrons. The van der Waals surface area contributed by atoms with E-state index >= 15 is 8.78 Å². The number of allylic oxidation sites excluding steroid dienone is 3. The zero-order valence-electron chi connectivity index (χ0n) is 49.3. The molecular weight excluding hydrogens is 953 g/mol. The molecule has 3 aliphatic heterocycles. The number of carbonyl (C=O) groups is 2. The first-order valence-corrected chi connectivity index (χ1v) is 29.2. The molecular formula is C64H99F2N7O3. The normalized spacial score (nSPS) is 19.8. The van der Waals surface area contributed by atoms with E-state index in [1.165, 1.54) is 58.1 Å². The highest BCUT2D eigenvalue weighted by atomic mass is 19.1. The molecule has 2 saturated heterocycles. The Kier molecular flexibility index (Phi) is 27.4. The Balaban J connectivity index is 0.000000313. The summed E-state index contributed by atoms with van der Waals surface area (Å²) in [4.78, 5) is 33.4. The Morgan fingerprint density at radius 1 is 0.895 bits per heavy atom. The van der Waals surface area contributed by atoms with Gasteiger partial charge in [-0.3, -0.25) is 19.5 Å². The predicted molar refractivity (Wildman–Crippen MR) is 315 cm³/mol. The molecule has 12 heteroatoms. The molecule has 2 fully saturated rings. The van der Waals surface area contributed by atoms with Gasteiger partial charge in [-0.15, -0.1) is 0 Å². The molecule has 76 heavy (non-hydrogen) atoms. The third kappa shape index (κ3) is 18.4. The van der Waals surface area contributed by atoms with Crippen LogP contribution in [-0.2, 0) is 9.53 Å². The van der Waals surface area contributed by atoms with E-state index in [1.807, 2.05) is 46.0 Å². The maximum Gasteiger partial charge on any atom is 0.242 e. The summed E-state index contributed by atoms with van der Waals surface area (Å²) in [5, 5.41) is 13.0. The van der Waals surface area contributed by atoms with Crippen LogP contribution < -0.4 is 21.3 Å². The average molecular weight is 1050 g/mol. The zero-order chi connectivity index (χ0) is 55.9. The summed E-state index contributed by atoms with van der Waals surface area (Å²) < 4.78 is 35.5.